The Hall–Kier alpha value is -7.30. The number of furan rings is 1. The second-order valence-corrected chi connectivity index (χ2v) is 14.2. The number of hydrogen-bond donors (Lipinski definition) is 1. The van der Waals surface area contributed by atoms with E-state index >= 15 is 0 Å². The van der Waals surface area contributed by atoms with Gasteiger partial charge in [0.15, 0.2) is 5.84 Å². The Balaban J connectivity index is 1.18. The first-order valence-corrected chi connectivity index (χ1v) is 18.7. The molecule has 11 rings (SSSR count). The highest BCUT2D eigenvalue weighted by molar-refractivity contribution is 6.27. The van der Waals surface area contributed by atoms with Gasteiger partial charge in [0.2, 0.25) is 0 Å². The van der Waals surface area contributed by atoms with E-state index in [9.17, 15) is 0 Å². The van der Waals surface area contributed by atoms with Gasteiger partial charge in [-0.05, 0) is 90.5 Å². The molecule has 1 aromatic heterocycles. The lowest BCUT2D eigenvalue weighted by Gasteiger charge is -2.26. The molecule has 2 heterocycles. The molecule has 0 aliphatic carbocycles. The van der Waals surface area contributed by atoms with Crippen LogP contribution in [0.3, 0.4) is 0 Å². The van der Waals surface area contributed by atoms with Crippen molar-refractivity contribution in [3.63, 3.8) is 0 Å². The zero-order valence-electron chi connectivity index (χ0n) is 29.8. The van der Waals surface area contributed by atoms with E-state index in [1.807, 2.05) is 12.1 Å². The molecule has 0 amide bonds. The van der Waals surface area contributed by atoms with Crippen LogP contribution < -0.4 is 5.32 Å². The molecule has 1 N–H and O–H groups in total. The van der Waals surface area contributed by atoms with E-state index in [0.29, 0.717) is 5.84 Å². The predicted molar refractivity (Wildman–Crippen MR) is 229 cm³/mol. The lowest BCUT2D eigenvalue weighted by atomic mass is 9.92. The maximum atomic E-state index is 6.51. The Kier molecular flexibility index (Phi) is 7.20. The van der Waals surface area contributed by atoms with Crippen LogP contribution in [-0.2, 0) is 0 Å². The number of fused-ring (bicyclic) bond motifs is 7. The third kappa shape index (κ3) is 5.30. The van der Waals surface area contributed by atoms with E-state index in [2.05, 4.69) is 181 Å². The number of rotatable bonds is 5. The second kappa shape index (κ2) is 12.7. The molecule has 1 atom stereocenters. The van der Waals surface area contributed by atoms with Gasteiger partial charge in [-0.15, -0.1) is 0 Å². The van der Waals surface area contributed by atoms with E-state index in [4.69, 9.17) is 14.4 Å². The summed E-state index contributed by atoms with van der Waals surface area (Å²) >= 11 is 0. The van der Waals surface area contributed by atoms with Gasteiger partial charge in [0, 0.05) is 21.9 Å². The quantitative estimate of drug-likeness (QED) is 0.181. The molecule has 0 spiro atoms. The summed E-state index contributed by atoms with van der Waals surface area (Å²) in [6, 6.07) is 66.4. The number of aliphatic imine (C=N–C) groups is 2. The first-order chi connectivity index (χ1) is 27.2. The van der Waals surface area contributed by atoms with E-state index < -0.39 is 6.17 Å². The van der Waals surface area contributed by atoms with Gasteiger partial charge >= 0.3 is 0 Å². The summed E-state index contributed by atoms with van der Waals surface area (Å²) in [6.07, 6.45) is -0.404. The van der Waals surface area contributed by atoms with Crippen molar-refractivity contribution in [3.8, 4) is 22.3 Å². The first-order valence-electron chi connectivity index (χ1n) is 18.7. The van der Waals surface area contributed by atoms with Crippen LogP contribution in [0.2, 0.25) is 0 Å². The van der Waals surface area contributed by atoms with Crippen LogP contribution in [0, 0.1) is 0 Å². The molecule has 0 radical (unpaired) electrons. The Labute approximate surface area is 317 Å². The Morgan fingerprint density at radius 3 is 1.93 bits per heavy atom. The number of nitrogens with zero attached hydrogens (tertiary/aromatic N) is 2. The number of nitrogens with one attached hydrogen (secondary N) is 1. The smallest absolute Gasteiger partial charge is 0.160 e. The van der Waals surface area contributed by atoms with Crippen LogP contribution >= 0.6 is 0 Å². The maximum Gasteiger partial charge on any atom is 0.160 e. The van der Waals surface area contributed by atoms with Gasteiger partial charge in [0.05, 0.1) is 0 Å². The largest absolute Gasteiger partial charge is 0.456 e. The summed E-state index contributed by atoms with van der Waals surface area (Å²) in [4.78, 5) is 11.0. The fourth-order valence-electron chi connectivity index (χ4n) is 8.26. The molecular weight excluding hydrogens is 671 g/mol. The lowest BCUT2D eigenvalue weighted by molar-refractivity contribution is 0.668. The molecule has 9 aromatic carbocycles. The normalized spacial score (nSPS) is 14.4. The first kappa shape index (κ1) is 31.2. The van der Waals surface area contributed by atoms with E-state index in [-0.39, 0.29) is 0 Å². The molecule has 0 fully saturated rings. The van der Waals surface area contributed by atoms with Crippen molar-refractivity contribution < 1.29 is 4.42 Å². The molecule has 258 valence electrons. The minimum atomic E-state index is -0.404. The van der Waals surface area contributed by atoms with Crippen molar-refractivity contribution in [1.82, 2.24) is 5.32 Å². The Morgan fingerprint density at radius 2 is 1.09 bits per heavy atom. The lowest BCUT2D eigenvalue weighted by Crippen LogP contribution is -2.34. The SMILES string of the molecule is c1ccc(-c2ccc(-c3ccc4oc5ccccc5c4c3C3=NC(c4ccc5ccccc5c4)NC(c4cc5ccccc5c5ccccc45)=N3)cc2)cc1. The van der Waals surface area contributed by atoms with Crippen molar-refractivity contribution in [3.05, 3.63) is 205 Å². The number of hydrogen-bond acceptors (Lipinski definition) is 4. The minimum Gasteiger partial charge on any atom is -0.456 e. The molecule has 0 saturated carbocycles. The highest BCUT2D eigenvalue weighted by Gasteiger charge is 2.27. The van der Waals surface area contributed by atoms with E-state index in [1.54, 1.807) is 0 Å². The molecule has 10 aromatic rings. The molecule has 1 aliphatic heterocycles. The summed E-state index contributed by atoms with van der Waals surface area (Å²) in [6.45, 7) is 0. The molecular formula is C51H33N3O. The molecule has 0 bridgehead atoms. The van der Waals surface area contributed by atoms with Gasteiger partial charge in [-0.25, -0.2) is 9.98 Å². The molecule has 4 nitrogen and oxygen atoms in total. The highest BCUT2D eigenvalue weighted by atomic mass is 16.3. The van der Waals surface area contributed by atoms with Crippen LogP contribution in [0.1, 0.15) is 22.9 Å². The minimum absolute atomic E-state index is 0.404. The summed E-state index contributed by atoms with van der Waals surface area (Å²) in [5.74, 6) is 1.43. The highest BCUT2D eigenvalue weighted by Crippen LogP contribution is 2.40. The fourth-order valence-corrected chi connectivity index (χ4v) is 8.26. The molecule has 0 saturated heterocycles. The van der Waals surface area contributed by atoms with Crippen molar-refractivity contribution >= 4 is 65.9 Å². The number of para-hydroxylation sites is 1. The number of benzene rings is 9. The van der Waals surface area contributed by atoms with Crippen molar-refractivity contribution in [2.24, 2.45) is 9.98 Å². The maximum absolute atomic E-state index is 6.51. The average molecular weight is 704 g/mol. The van der Waals surface area contributed by atoms with Gasteiger partial charge in [-0.1, -0.05) is 158 Å². The zero-order valence-corrected chi connectivity index (χ0v) is 29.8. The van der Waals surface area contributed by atoms with Crippen molar-refractivity contribution in [2.75, 3.05) is 0 Å². The third-order valence-electron chi connectivity index (χ3n) is 10.9. The summed E-state index contributed by atoms with van der Waals surface area (Å²) in [7, 11) is 0. The summed E-state index contributed by atoms with van der Waals surface area (Å²) < 4.78 is 6.51. The molecule has 1 aliphatic rings. The Morgan fingerprint density at radius 1 is 0.436 bits per heavy atom. The van der Waals surface area contributed by atoms with Gasteiger partial charge < -0.3 is 9.73 Å². The standard InChI is InChI=1S/C51H33N3O/c1-2-12-32(13-3-1)34-22-25-35(26-23-34)40-28-29-46-47(43-20-10-11-21-45(43)55-46)48(40)51-53-49(38-27-24-33-14-4-5-15-36(33)30-38)52-50(54-51)44-31-37-16-6-7-17-39(37)41-18-8-9-19-42(41)44/h1-31,49H,(H,52,53,54). The topological polar surface area (TPSA) is 49.9 Å². The van der Waals surface area contributed by atoms with Gasteiger partial charge in [-0.3, -0.25) is 0 Å². The predicted octanol–water partition coefficient (Wildman–Crippen LogP) is 12.9. The van der Waals surface area contributed by atoms with Gasteiger partial charge in [-0.2, -0.15) is 0 Å². The molecule has 55 heavy (non-hydrogen) atoms. The van der Waals surface area contributed by atoms with Crippen LogP contribution in [0.25, 0.3) is 76.5 Å². The van der Waals surface area contributed by atoms with E-state index in [1.165, 1.54) is 32.7 Å². The number of amidine groups is 2. The monoisotopic (exact) mass is 703 g/mol. The van der Waals surface area contributed by atoms with Crippen LogP contribution in [-0.4, -0.2) is 11.7 Å². The molecule has 4 heteroatoms. The van der Waals surface area contributed by atoms with E-state index in [0.717, 1.165) is 66.4 Å². The fraction of sp³-hybridized carbons (Fsp3) is 0.0196. The van der Waals surface area contributed by atoms with Crippen LogP contribution in [0.15, 0.2) is 202 Å². The third-order valence-corrected chi connectivity index (χ3v) is 10.9. The summed E-state index contributed by atoms with van der Waals surface area (Å²) in [5, 5.41) is 12.9. The zero-order chi connectivity index (χ0) is 36.3. The average Bonchev–Trinajstić information content (AvgIpc) is 3.65. The Bertz CT molecular complexity index is 3170. The summed E-state index contributed by atoms with van der Waals surface area (Å²) in [5.41, 5.74) is 9.16. The van der Waals surface area contributed by atoms with Crippen molar-refractivity contribution in [1.29, 1.82) is 0 Å². The second-order valence-electron chi connectivity index (χ2n) is 14.2. The molecule has 1 unspecified atom stereocenters. The van der Waals surface area contributed by atoms with Crippen LogP contribution in [0.5, 0.6) is 0 Å². The van der Waals surface area contributed by atoms with Crippen LogP contribution in [0.4, 0.5) is 0 Å². The van der Waals surface area contributed by atoms with Gasteiger partial charge in [0.1, 0.15) is 23.2 Å². The van der Waals surface area contributed by atoms with Gasteiger partial charge in [0.25, 0.3) is 0 Å². The van der Waals surface area contributed by atoms with Crippen molar-refractivity contribution in [2.45, 2.75) is 6.17 Å².